The van der Waals surface area contributed by atoms with E-state index in [-0.39, 0.29) is 5.56 Å². The van der Waals surface area contributed by atoms with Crippen LogP contribution in [0.4, 0.5) is 0 Å². The summed E-state index contributed by atoms with van der Waals surface area (Å²) in [6, 6.07) is 16.1. The second-order valence-corrected chi connectivity index (χ2v) is 6.80. The second-order valence-electron chi connectivity index (χ2n) is 6.80. The minimum Gasteiger partial charge on any atom is -0.478 e. The average molecular weight is 383 g/mol. The van der Waals surface area contributed by atoms with Crippen molar-refractivity contribution in [3.05, 3.63) is 76.8 Å². The van der Waals surface area contributed by atoms with E-state index < -0.39 is 5.97 Å². The van der Waals surface area contributed by atoms with E-state index in [1.165, 1.54) is 6.07 Å². The molecule has 0 aliphatic heterocycles. The number of nitriles is 1. The summed E-state index contributed by atoms with van der Waals surface area (Å²) in [7, 11) is 0. The Hall–Kier alpha value is -4.11. The number of aryl methyl sites for hydroxylation is 2. The fraction of sp³-hybridized carbons (Fsp3) is 0.0870. The molecule has 0 unspecified atom stereocenters. The van der Waals surface area contributed by atoms with Gasteiger partial charge < -0.3 is 14.5 Å². The molecule has 0 aliphatic rings. The van der Waals surface area contributed by atoms with Crippen molar-refractivity contribution in [1.82, 2.24) is 9.97 Å². The van der Waals surface area contributed by atoms with Gasteiger partial charge in [-0.1, -0.05) is 12.1 Å². The normalized spacial score (nSPS) is 11.6. The van der Waals surface area contributed by atoms with E-state index in [9.17, 15) is 10.1 Å². The van der Waals surface area contributed by atoms with Gasteiger partial charge in [0.05, 0.1) is 22.2 Å². The molecule has 0 fully saturated rings. The van der Waals surface area contributed by atoms with Gasteiger partial charge in [-0.3, -0.25) is 0 Å². The van der Waals surface area contributed by atoms with Crippen molar-refractivity contribution in [2.45, 2.75) is 13.8 Å². The van der Waals surface area contributed by atoms with E-state index in [1.54, 1.807) is 36.4 Å². The monoisotopic (exact) mass is 383 g/mol. The number of benzene rings is 2. The summed E-state index contributed by atoms with van der Waals surface area (Å²) in [5.41, 5.74) is 5.13. The van der Waals surface area contributed by atoms with Crippen LogP contribution in [0.1, 0.15) is 33.1 Å². The largest absolute Gasteiger partial charge is 0.478 e. The Morgan fingerprint density at radius 2 is 1.97 bits per heavy atom. The third kappa shape index (κ3) is 3.54. The van der Waals surface area contributed by atoms with E-state index in [0.29, 0.717) is 28.5 Å². The number of furan rings is 1. The molecule has 0 bridgehead atoms. The van der Waals surface area contributed by atoms with Crippen molar-refractivity contribution < 1.29 is 14.3 Å². The molecule has 0 radical (unpaired) electrons. The van der Waals surface area contributed by atoms with Crippen LogP contribution in [-0.4, -0.2) is 21.0 Å². The van der Waals surface area contributed by atoms with Crippen LogP contribution < -0.4 is 0 Å². The fourth-order valence-corrected chi connectivity index (χ4v) is 3.08. The summed E-state index contributed by atoms with van der Waals surface area (Å²) in [6.45, 7) is 4.05. The number of aromatic nitrogens is 2. The molecular formula is C23H17N3O3. The number of allylic oxidation sites excluding steroid dienone is 1. The summed E-state index contributed by atoms with van der Waals surface area (Å²) in [5, 5.41) is 18.8. The first-order chi connectivity index (χ1) is 13.9. The quantitative estimate of drug-likeness (QED) is 0.471. The Bertz CT molecular complexity index is 1280. The van der Waals surface area contributed by atoms with Gasteiger partial charge in [0, 0.05) is 11.6 Å². The number of H-pyrrole nitrogens is 1. The lowest BCUT2D eigenvalue weighted by Crippen LogP contribution is -1.95. The van der Waals surface area contributed by atoms with Gasteiger partial charge >= 0.3 is 5.97 Å². The molecule has 6 nitrogen and oxygen atoms in total. The standard InChI is InChI=1S/C23H17N3O3/c1-13-8-19-20(9-14(13)2)26-22(25-19)17(12-24)11-18-6-7-21(29-18)15-4-3-5-16(10-15)23(27)28/h3-11H,1-2H3,(H,25,26)(H,27,28)/b17-11+. The summed E-state index contributed by atoms with van der Waals surface area (Å²) < 4.78 is 5.81. The van der Waals surface area contributed by atoms with Gasteiger partial charge in [0.2, 0.25) is 0 Å². The number of nitrogens with zero attached hydrogens (tertiary/aromatic N) is 2. The number of aromatic amines is 1. The van der Waals surface area contributed by atoms with Gasteiger partial charge in [0.1, 0.15) is 23.4 Å². The highest BCUT2D eigenvalue weighted by Crippen LogP contribution is 2.26. The third-order valence-electron chi connectivity index (χ3n) is 4.78. The van der Waals surface area contributed by atoms with Crippen molar-refractivity contribution >= 4 is 28.7 Å². The van der Waals surface area contributed by atoms with Crippen molar-refractivity contribution in [2.75, 3.05) is 0 Å². The molecule has 29 heavy (non-hydrogen) atoms. The van der Waals surface area contributed by atoms with Crippen LogP contribution in [0, 0.1) is 25.2 Å². The van der Waals surface area contributed by atoms with Crippen LogP contribution in [0.15, 0.2) is 52.9 Å². The van der Waals surface area contributed by atoms with Gasteiger partial charge in [0.15, 0.2) is 0 Å². The first kappa shape index (κ1) is 18.3. The predicted octanol–water partition coefficient (Wildman–Crippen LogP) is 5.20. The lowest BCUT2D eigenvalue weighted by Gasteiger charge is -1.99. The molecule has 0 atom stereocenters. The van der Waals surface area contributed by atoms with Crippen molar-refractivity contribution in [2.24, 2.45) is 0 Å². The summed E-state index contributed by atoms with van der Waals surface area (Å²) in [4.78, 5) is 18.9. The number of fused-ring (bicyclic) bond motifs is 1. The topological polar surface area (TPSA) is 103 Å². The van der Waals surface area contributed by atoms with Gasteiger partial charge in [-0.05, 0) is 61.4 Å². The number of carboxylic acid groups (broad SMARTS) is 1. The van der Waals surface area contributed by atoms with Gasteiger partial charge in [-0.2, -0.15) is 5.26 Å². The highest BCUT2D eigenvalue weighted by Gasteiger charge is 2.12. The maximum atomic E-state index is 11.2. The molecule has 4 aromatic rings. The molecule has 0 saturated heterocycles. The van der Waals surface area contributed by atoms with Crippen LogP contribution >= 0.6 is 0 Å². The zero-order valence-corrected chi connectivity index (χ0v) is 15.9. The number of carbonyl (C=O) groups is 1. The maximum Gasteiger partial charge on any atom is 0.335 e. The minimum absolute atomic E-state index is 0.182. The minimum atomic E-state index is -0.999. The molecule has 2 aromatic heterocycles. The Morgan fingerprint density at radius 3 is 2.72 bits per heavy atom. The zero-order valence-electron chi connectivity index (χ0n) is 15.9. The van der Waals surface area contributed by atoms with Crippen molar-refractivity contribution in [3.63, 3.8) is 0 Å². The number of rotatable bonds is 4. The molecular weight excluding hydrogens is 366 g/mol. The summed E-state index contributed by atoms with van der Waals surface area (Å²) in [5.74, 6) is 0.469. The van der Waals surface area contributed by atoms with E-state index in [4.69, 9.17) is 9.52 Å². The molecule has 6 heteroatoms. The molecule has 0 amide bonds. The van der Waals surface area contributed by atoms with Gasteiger partial charge in [-0.15, -0.1) is 0 Å². The third-order valence-corrected chi connectivity index (χ3v) is 4.78. The number of imidazole rings is 1. The maximum absolute atomic E-state index is 11.2. The average Bonchev–Trinajstić information content (AvgIpc) is 3.33. The van der Waals surface area contributed by atoms with Crippen molar-refractivity contribution in [1.29, 1.82) is 5.26 Å². The number of hydrogen-bond acceptors (Lipinski definition) is 4. The smallest absolute Gasteiger partial charge is 0.335 e. The Kier molecular flexibility index (Phi) is 4.49. The van der Waals surface area contributed by atoms with Gasteiger partial charge in [0.25, 0.3) is 0 Å². The van der Waals surface area contributed by atoms with E-state index in [1.807, 2.05) is 26.0 Å². The number of carboxylic acids is 1. The highest BCUT2D eigenvalue weighted by molar-refractivity contribution is 5.91. The van der Waals surface area contributed by atoms with E-state index >= 15 is 0 Å². The number of nitrogens with one attached hydrogen (secondary N) is 1. The van der Waals surface area contributed by atoms with E-state index in [2.05, 4.69) is 16.0 Å². The number of hydrogen-bond donors (Lipinski definition) is 2. The van der Waals surface area contributed by atoms with Crippen LogP contribution in [0.25, 0.3) is 34.0 Å². The van der Waals surface area contributed by atoms with Gasteiger partial charge in [-0.25, -0.2) is 9.78 Å². The first-order valence-electron chi connectivity index (χ1n) is 8.97. The molecule has 142 valence electrons. The second kappa shape index (κ2) is 7.13. The Morgan fingerprint density at radius 1 is 1.17 bits per heavy atom. The lowest BCUT2D eigenvalue weighted by atomic mass is 10.1. The van der Waals surface area contributed by atoms with Crippen LogP contribution in [0.2, 0.25) is 0 Å². The number of aromatic carboxylic acids is 1. The van der Waals surface area contributed by atoms with E-state index in [0.717, 1.165) is 22.2 Å². The van der Waals surface area contributed by atoms with Crippen LogP contribution in [0.5, 0.6) is 0 Å². The predicted molar refractivity (Wildman–Crippen MR) is 110 cm³/mol. The lowest BCUT2D eigenvalue weighted by molar-refractivity contribution is 0.0697. The summed E-state index contributed by atoms with van der Waals surface area (Å²) in [6.07, 6.45) is 1.61. The zero-order chi connectivity index (χ0) is 20.5. The highest BCUT2D eigenvalue weighted by atomic mass is 16.4. The van der Waals surface area contributed by atoms with Crippen LogP contribution in [-0.2, 0) is 0 Å². The van der Waals surface area contributed by atoms with Crippen LogP contribution in [0.3, 0.4) is 0 Å². The Labute approximate surface area is 166 Å². The SMILES string of the molecule is Cc1cc2nc(/C(C#N)=C/c3ccc(-c4cccc(C(=O)O)c4)o3)[nH]c2cc1C. The molecule has 2 N–H and O–H groups in total. The van der Waals surface area contributed by atoms with Crippen molar-refractivity contribution in [3.8, 4) is 17.4 Å². The molecule has 4 rings (SSSR count). The summed E-state index contributed by atoms with van der Waals surface area (Å²) >= 11 is 0. The molecule has 0 aliphatic carbocycles. The Balaban J connectivity index is 1.69. The molecule has 0 spiro atoms. The first-order valence-corrected chi connectivity index (χ1v) is 8.97. The molecule has 2 aromatic carbocycles. The molecule has 2 heterocycles. The molecule has 0 saturated carbocycles. The fourth-order valence-electron chi connectivity index (χ4n) is 3.08.